The molecule has 7 rings (SSSR count). The lowest BCUT2D eigenvalue weighted by Gasteiger charge is -2.72. The van der Waals surface area contributed by atoms with Crippen LogP contribution in [0, 0.1) is 51.2 Å². The van der Waals surface area contributed by atoms with Crippen LogP contribution in [0.15, 0.2) is 23.3 Å². The molecule has 0 radical (unpaired) electrons. The molecule has 264 valence electrons. The minimum absolute atomic E-state index is 0.108. The molecule has 7 aliphatic rings. The summed E-state index contributed by atoms with van der Waals surface area (Å²) in [6.45, 7) is 16.2. The first kappa shape index (κ1) is 34.4. The van der Waals surface area contributed by atoms with Gasteiger partial charge in [0.25, 0.3) is 0 Å². The van der Waals surface area contributed by atoms with E-state index in [1.807, 2.05) is 0 Å². The first-order valence-corrected chi connectivity index (χ1v) is 20.9. The summed E-state index contributed by atoms with van der Waals surface area (Å²) < 4.78 is 11.8. The lowest BCUT2D eigenvalue weighted by atomic mass is 9.33. The number of nitrogens with one attached hydrogen (secondary N) is 1. The first-order chi connectivity index (χ1) is 22.2. The second-order valence-electron chi connectivity index (χ2n) is 18.6. The molecule has 0 bridgehead atoms. The van der Waals surface area contributed by atoms with Crippen LogP contribution in [0.4, 0.5) is 0 Å². The quantitative estimate of drug-likeness (QED) is 0.272. The summed E-state index contributed by atoms with van der Waals surface area (Å²) in [4.78, 5) is 13.9. The summed E-state index contributed by atoms with van der Waals surface area (Å²) in [6, 6.07) is 0. The molecule has 9 unspecified atom stereocenters. The van der Waals surface area contributed by atoms with E-state index in [1.54, 1.807) is 0 Å². The highest BCUT2D eigenvalue weighted by molar-refractivity contribution is 7.85. The van der Waals surface area contributed by atoms with Crippen molar-refractivity contribution in [3.63, 3.8) is 0 Å². The van der Waals surface area contributed by atoms with Crippen molar-refractivity contribution in [2.24, 2.45) is 51.2 Å². The number of β-amino-alcohol motifs (C(OH)–C–C–N with tert-alkyl or cyclic N) is 1. The van der Waals surface area contributed by atoms with E-state index in [9.17, 15) is 19.2 Å². The lowest BCUT2D eigenvalue weighted by molar-refractivity contribution is -0.218. The number of hydrogen-bond donors (Lipinski definition) is 3. The molecule has 1 heterocycles. The van der Waals surface area contributed by atoms with Crippen molar-refractivity contribution in [1.82, 2.24) is 10.2 Å². The number of carboxylic acids is 1. The third-order valence-electron chi connectivity index (χ3n) is 16.5. The number of aliphatic hydroxyl groups is 1. The largest absolute Gasteiger partial charge is 0.481 e. The normalized spacial score (nSPS) is 45.9. The van der Waals surface area contributed by atoms with Gasteiger partial charge in [-0.25, -0.2) is 0 Å². The number of nitrogens with zero attached hydrogens (tertiary/aromatic N) is 1. The Hall–Kier alpha value is -1.02. The summed E-state index contributed by atoms with van der Waals surface area (Å²) in [5, 5.41) is 24.7. The second-order valence-corrected chi connectivity index (χ2v) is 20.3. The molecule has 0 amide bonds. The summed E-state index contributed by atoms with van der Waals surface area (Å²) in [7, 11) is -0.677. The number of hydrogen-bond acceptors (Lipinski definition) is 5. The van der Waals surface area contributed by atoms with Crippen molar-refractivity contribution in [1.29, 1.82) is 0 Å². The van der Waals surface area contributed by atoms with E-state index in [1.165, 1.54) is 68.9 Å². The predicted octanol–water partition coefficient (Wildman–Crippen LogP) is 6.96. The van der Waals surface area contributed by atoms with E-state index in [0.29, 0.717) is 47.6 Å². The van der Waals surface area contributed by atoms with Crippen molar-refractivity contribution >= 4 is 16.8 Å². The Balaban J connectivity index is 1.08. The molecule has 0 aromatic rings. The summed E-state index contributed by atoms with van der Waals surface area (Å²) in [6.07, 6.45) is 19.8. The van der Waals surface area contributed by atoms with Crippen LogP contribution in [-0.2, 0) is 15.6 Å². The Labute approximate surface area is 287 Å². The van der Waals surface area contributed by atoms with Crippen LogP contribution in [0.1, 0.15) is 118 Å². The number of allylic oxidation sites excluding steroid dienone is 4. The van der Waals surface area contributed by atoms with E-state index in [4.69, 9.17) is 0 Å². The summed E-state index contributed by atoms with van der Waals surface area (Å²) >= 11 is 0. The minimum atomic E-state index is -0.677. The fraction of sp³-hybridized carbons (Fsp3) is 0.875. The molecule has 10 atom stereocenters. The van der Waals surface area contributed by atoms with Crippen LogP contribution in [0.25, 0.3) is 0 Å². The molecule has 0 spiro atoms. The molecule has 47 heavy (non-hydrogen) atoms. The molecule has 4 saturated carbocycles. The number of carbonyl (C=O) groups is 1. The standard InChI is InChI=1S/C40H64N2O4S/c1-36(2)30(27-8-10-28(11-9-27)35(44)45)14-17-37(3)33(36)15-18-39(5)34(37)13-12-31-32-7-6-16-40(32,20-19-38(31,39)4)41-25-29(43)26-42-21-23-47(46)24-22-42/h8,14,28-29,31-34,41,43H,6-7,9-13,15-26H2,1-5H3,(H,44,45)/t28?,29?,31?,32?,33?,34?,37?,38-,39?,40?/m1/s1. The first-order valence-electron chi connectivity index (χ1n) is 19.4. The van der Waals surface area contributed by atoms with Gasteiger partial charge in [0.05, 0.1) is 12.0 Å². The topological polar surface area (TPSA) is 89.9 Å². The van der Waals surface area contributed by atoms with Crippen LogP contribution in [-0.4, -0.2) is 74.6 Å². The zero-order chi connectivity index (χ0) is 33.4. The zero-order valence-electron chi connectivity index (χ0n) is 30.1. The van der Waals surface area contributed by atoms with Gasteiger partial charge >= 0.3 is 5.97 Å². The number of aliphatic hydroxyl groups excluding tert-OH is 1. The van der Waals surface area contributed by atoms with E-state index in [0.717, 1.165) is 55.7 Å². The maximum atomic E-state index is 11.8. The Bertz CT molecular complexity index is 1320. The van der Waals surface area contributed by atoms with Gasteiger partial charge in [0, 0.05) is 54.0 Å². The van der Waals surface area contributed by atoms with Gasteiger partial charge in [0.1, 0.15) is 0 Å². The molecule has 6 aliphatic carbocycles. The maximum Gasteiger partial charge on any atom is 0.306 e. The molecule has 3 N–H and O–H groups in total. The average Bonchev–Trinajstić information content (AvgIpc) is 3.46. The number of carboxylic acid groups (broad SMARTS) is 1. The van der Waals surface area contributed by atoms with Gasteiger partial charge in [-0.1, -0.05) is 53.2 Å². The molecular weight excluding hydrogens is 605 g/mol. The summed E-state index contributed by atoms with van der Waals surface area (Å²) in [5.41, 5.74) is 4.23. The highest BCUT2D eigenvalue weighted by Crippen LogP contribution is 2.76. The third kappa shape index (κ3) is 5.49. The van der Waals surface area contributed by atoms with Gasteiger partial charge in [0.15, 0.2) is 0 Å². The van der Waals surface area contributed by atoms with Gasteiger partial charge < -0.3 is 15.5 Å². The van der Waals surface area contributed by atoms with Crippen LogP contribution in [0.2, 0.25) is 0 Å². The van der Waals surface area contributed by atoms with E-state index >= 15 is 0 Å². The number of rotatable bonds is 7. The van der Waals surface area contributed by atoms with Crippen molar-refractivity contribution < 1.29 is 19.2 Å². The highest BCUT2D eigenvalue weighted by Gasteiger charge is 2.69. The fourth-order valence-corrected chi connectivity index (χ4v) is 15.0. The summed E-state index contributed by atoms with van der Waals surface area (Å²) in [5.74, 6) is 3.47. The van der Waals surface area contributed by atoms with Crippen LogP contribution < -0.4 is 5.32 Å². The zero-order valence-corrected chi connectivity index (χ0v) is 30.9. The number of fused-ring (bicyclic) bond motifs is 7. The van der Waals surface area contributed by atoms with Crippen molar-refractivity contribution in [2.75, 3.05) is 37.7 Å². The highest BCUT2D eigenvalue weighted by atomic mass is 32.2. The van der Waals surface area contributed by atoms with Gasteiger partial charge in [-0.2, -0.15) is 0 Å². The average molecular weight is 669 g/mol. The Morgan fingerprint density at radius 2 is 1.70 bits per heavy atom. The van der Waals surface area contributed by atoms with E-state index in [2.05, 4.69) is 57.0 Å². The van der Waals surface area contributed by atoms with Crippen molar-refractivity contribution in [3.05, 3.63) is 23.3 Å². The van der Waals surface area contributed by atoms with Crippen molar-refractivity contribution in [2.45, 2.75) is 130 Å². The molecule has 1 saturated heterocycles. The Morgan fingerprint density at radius 1 is 0.936 bits per heavy atom. The second kappa shape index (κ2) is 12.3. The van der Waals surface area contributed by atoms with Gasteiger partial charge in [-0.15, -0.1) is 0 Å². The molecular formula is C40H64N2O4S. The molecule has 1 aliphatic heterocycles. The van der Waals surface area contributed by atoms with Crippen molar-refractivity contribution in [3.8, 4) is 0 Å². The fourth-order valence-electron chi connectivity index (χ4n) is 13.9. The lowest BCUT2D eigenvalue weighted by Crippen LogP contribution is -2.67. The maximum absolute atomic E-state index is 11.8. The third-order valence-corrected chi connectivity index (χ3v) is 17.7. The van der Waals surface area contributed by atoms with Gasteiger partial charge in [-0.05, 0) is 134 Å². The Kier molecular flexibility index (Phi) is 9.04. The van der Waals surface area contributed by atoms with E-state index < -0.39 is 16.8 Å². The molecule has 0 aromatic heterocycles. The SMILES string of the molecule is CC1(C)C(C2=CCC(C(=O)O)CC2)=CCC2(C)C1CCC1(C)C2CCC2C3CCCC3(NCC(O)CN3CCS(=O)CC3)CC[C@]21C. The molecule has 5 fully saturated rings. The molecule has 0 aromatic carbocycles. The molecule has 7 heteroatoms. The van der Waals surface area contributed by atoms with Crippen LogP contribution >= 0.6 is 0 Å². The predicted molar refractivity (Wildman–Crippen MR) is 190 cm³/mol. The van der Waals surface area contributed by atoms with Crippen LogP contribution in [0.3, 0.4) is 0 Å². The monoisotopic (exact) mass is 668 g/mol. The van der Waals surface area contributed by atoms with Crippen LogP contribution in [0.5, 0.6) is 0 Å². The Morgan fingerprint density at radius 3 is 2.40 bits per heavy atom. The minimum Gasteiger partial charge on any atom is -0.481 e. The van der Waals surface area contributed by atoms with Gasteiger partial charge in [-0.3, -0.25) is 13.9 Å². The smallest absolute Gasteiger partial charge is 0.306 e. The van der Waals surface area contributed by atoms with E-state index in [-0.39, 0.29) is 23.0 Å². The number of aliphatic carboxylic acids is 1. The molecule has 6 nitrogen and oxygen atoms in total. The van der Waals surface area contributed by atoms with Gasteiger partial charge in [0.2, 0.25) is 0 Å².